The molecule has 35 heavy (non-hydrogen) atoms. The van der Waals surface area contributed by atoms with Gasteiger partial charge in [-0.1, -0.05) is 36.4 Å². The van der Waals surface area contributed by atoms with E-state index < -0.39 is 5.97 Å². The number of fused-ring (bicyclic) bond motifs is 2. The highest BCUT2D eigenvalue weighted by Crippen LogP contribution is 2.33. The van der Waals surface area contributed by atoms with Crippen molar-refractivity contribution in [1.82, 2.24) is 14.9 Å². The predicted molar refractivity (Wildman–Crippen MR) is 139 cm³/mol. The molecule has 2 heterocycles. The number of hydrogen-bond donors (Lipinski definition) is 3. The van der Waals surface area contributed by atoms with Crippen LogP contribution in [0.1, 0.15) is 27.0 Å². The topological polar surface area (TPSA) is 93.7 Å². The van der Waals surface area contributed by atoms with E-state index in [1.54, 1.807) is 18.2 Å². The number of aliphatic imine (C=N–C) groups is 1. The number of aromatic nitrogens is 2. The fourth-order valence-corrected chi connectivity index (χ4v) is 4.37. The zero-order valence-electron chi connectivity index (χ0n) is 19.8. The van der Waals surface area contributed by atoms with Crippen molar-refractivity contribution in [1.29, 1.82) is 0 Å². The van der Waals surface area contributed by atoms with Crippen LogP contribution in [0, 0.1) is 0 Å². The van der Waals surface area contributed by atoms with Crippen molar-refractivity contribution in [2.24, 2.45) is 4.99 Å². The number of carbonyl (C=O) groups is 1. The van der Waals surface area contributed by atoms with Gasteiger partial charge in [0.15, 0.2) is 5.88 Å². The molecule has 0 saturated heterocycles. The smallest absolute Gasteiger partial charge is 0.337 e. The summed E-state index contributed by atoms with van der Waals surface area (Å²) in [4.78, 5) is 25.5. The van der Waals surface area contributed by atoms with Crippen LogP contribution in [0.3, 0.4) is 0 Å². The minimum atomic E-state index is -0.437. The van der Waals surface area contributed by atoms with Gasteiger partial charge in [-0.05, 0) is 50.0 Å². The van der Waals surface area contributed by atoms with E-state index in [2.05, 4.69) is 20.9 Å². The number of benzene rings is 3. The van der Waals surface area contributed by atoms with Gasteiger partial charge in [0.1, 0.15) is 0 Å². The standard InChI is InChI=1S/C28H26N4O3/c1-32(2)16-19-15-29-23-12-10-20(14-22(19)23)30-26(17-7-5-4-6-8-17)25-21-11-9-18(28(34)35-3)13-24(21)31-27(25)33/h4-15,29,31,33H,16H2,1-3H3. The maximum atomic E-state index is 12.0. The molecule has 2 aromatic heterocycles. The molecule has 0 atom stereocenters. The van der Waals surface area contributed by atoms with Crippen molar-refractivity contribution in [3.05, 3.63) is 95.2 Å². The number of rotatable bonds is 6. The number of nitrogens with zero attached hydrogens (tertiary/aromatic N) is 2. The number of esters is 1. The van der Waals surface area contributed by atoms with Gasteiger partial charge in [0.05, 0.1) is 29.6 Å². The van der Waals surface area contributed by atoms with Gasteiger partial charge in [-0.3, -0.25) is 0 Å². The lowest BCUT2D eigenvalue weighted by molar-refractivity contribution is 0.0601. The van der Waals surface area contributed by atoms with E-state index in [1.807, 2.05) is 62.8 Å². The third kappa shape index (κ3) is 4.29. The maximum absolute atomic E-state index is 12.0. The first-order valence-corrected chi connectivity index (χ1v) is 11.3. The van der Waals surface area contributed by atoms with E-state index in [9.17, 15) is 9.90 Å². The van der Waals surface area contributed by atoms with Crippen molar-refractivity contribution >= 4 is 39.2 Å². The van der Waals surface area contributed by atoms with E-state index in [-0.39, 0.29) is 5.88 Å². The number of H-pyrrole nitrogens is 2. The van der Waals surface area contributed by atoms with Crippen LogP contribution < -0.4 is 0 Å². The monoisotopic (exact) mass is 466 g/mol. The van der Waals surface area contributed by atoms with Gasteiger partial charge in [0.2, 0.25) is 0 Å². The number of methoxy groups -OCH3 is 1. The molecule has 0 unspecified atom stereocenters. The Morgan fingerprint density at radius 1 is 0.971 bits per heavy atom. The van der Waals surface area contributed by atoms with Crippen LogP contribution in [0.2, 0.25) is 0 Å². The Morgan fingerprint density at radius 3 is 2.51 bits per heavy atom. The summed E-state index contributed by atoms with van der Waals surface area (Å²) >= 11 is 0. The Labute approximate surface area is 202 Å². The fourth-order valence-electron chi connectivity index (χ4n) is 4.37. The summed E-state index contributed by atoms with van der Waals surface area (Å²) in [6.45, 7) is 0.810. The quantitative estimate of drug-likeness (QED) is 0.232. The van der Waals surface area contributed by atoms with Gasteiger partial charge in [0, 0.05) is 40.1 Å². The molecule has 5 rings (SSSR count). The number of aromatic amines is 2. The zero-order valence-corrected chi connectivity index (χ0v) is 19.8. The average Bonchev–Trinajstić information content (AvgIpc) is 3.41. The highest BCUT2D eigenvalue weighted by molar-refractivity contribution is 6.22. The number of carbonyl (C=O) groups excluding carboxylic acids is 1. The van der Waals surface area contributed by atoms with Crippen LogP contribution in [-0.2, 0) is 11.3 Å². The van der Waals surface area contributed by atoms with Crippen LogP contribution in [0.15, 0.2) is 77.9 Å². The molecule has 7 heteroatoms. The second kappa shape index (κ2) is 9.12. The lowest BCUT2D eigenvalue weighted by atomic mass is 10.00. The van der Waals surface area contributed by atoms with Crippen LogP contribution in [0.4, 0.5) is 5.69 Å². The first-order chi connectivity index (χ1) is 16.9. The van der Waals surface area contributed by atoms with E-state index in [1.165, 1.54) is 12.7 Å². The Hall–Kier alpha value is -4.36. The van der Waals surface area contributed by atoms with Gasteiger partial charge < -0.3 is 24.7 Å². The summed E-state index contributed by atoms with van der Waals surface area (Å²) in [5.74, 6) is -0.450. The Morgan fingerprint density at radius 2 is 1.77 bits per heavy atom. The van der Waals surface area contributed by atoms with Crippen LogP contribution in [-0.4, -0.2) is 52.9 Å². The largest absolute Gasteiger partial charge is 0.494 e. The van der Waals surface area contributed by atoms with Crippen molar-refractivity contribution in [2.75, 3.05) is 21.2 Å². The Kier molecular flexibility index (Phi) is 5.84. The second-order valence-corrected chi connectivity index (χ2v) is 8.71. The average molecular weight is 467 g/mol. The van der Waals surface area contributed by atoms with Crippen molar-refractivity contribution in [3.63, 3.8) is 0 Å². The molecular weight excluding hydrogens is 440 g/mol. The maximum Gasteiger partial charge on any atom is 0.337 e. The molecule has 0 amide bonds. The molecule has 0 saturated carbocycles. The summed E-state index contributed by atoms with van der Waals surface area (Å²) in [5.41, 5.74) is 6.10. The second-order valence-electron chi connectivity index (χ2n) is 8.71. The number of ether oxygens (including phenoxy) is 1. The minimum absolute atomic E-state index is 0.0133. The van der Waals surface area contributed by atoms with E-state index in [4.69, 9.17) is 9.73 Å². The summed E-state index contributed by atoms with van der Waals surface area (Å²) in [7, 11) is 5.43. The van der Waals surface area contributed by atoms with Gasteiger partial charge in [-0.15, -0.1) is 0 Å². The van der Waals surface area contributed by atoms with Crippen molar-refractivity contribution in [3.8, 4) is 5.88 Å². The van der Waals surface area contributed by atoms with Crippen LogP contribution in [0.25, 0.3) is 21.8 Å². The summed E-state index contributed by atoms with van der Waals surface area (Å²) < 4.78 is 4.84. The molecule has 0 spiro atoms. The lowest BCUT2D eigenvalue weighted by Crippen LogP contribution is -2.10. The van der Waals surface area contributed by atoms with Gasteiger partial charge in [-0.25, -0.2) is 9.79 Å². The van der Waals surface area contributed by atoms with E-state index >= 15 is 0 Å². The SMILES string of the molecule is COC(=O)c1ccc2c(C(=Nc3ccc4[nH]cc(CN(C)C)c4c3)c3ccccc3)c(O)[nH]c2c1. The normalized spacial score (nSPS) is 12.1. The van der Waals surface area contributed by atoms with Crippen molar-refractivity contribution < 1.29 is 14.6 Å². The number of hydrogen-bond acceptors (Lipinski definition) is 5. The van der Waals surface area contributed by atoms with E-state index in [0.717, 1.165) is 34.1 Å². The van der Waals surface area contributed by atoms with E-state index in [0.29, 0.717) is 22.4 Å². The van der Waals surface area contributed by atoms with Crippen LogP contribution in [0.5, 0.6) is 5.88 Å². The number of nitrogens with one attached hydrogen (secondary N) is 2. The highest BCUT2D eigenvalue weighted by Gasteiger charge is 2.20. The molecule has 176 valence electrons. The van der Waals surface area contributed by atoms with Gasteiger partial charge in [-0.2, -0.15) is 0 Å². The van der Waals surface area contributed by atoms with Gasteiger partial charge in [0.25, 0.3) is 0 Å². The molecule has 0 bridgehead atoms. The molecule has 0 aliphatic carbocycles. The third-order valence-corrected chi connectivity index (χ3v) is 5.96. The minimum Gasteiger partial charge on any atom is -0.494 e. The predicted octanol–water partition coefficient (Wildman–Crippen LogP) is 5.37. The van der Waals surface area contributed by atoms with Gasteiger partial charge >= 0.3 is 5.97 Å². The van der Waals surface area contributed by atoms with Crippen LogP contribution >= 0.6 is 0 Å². The molecule has 7 nitrogen and oxygen atoms in total. The molecule has 0 fully saturated rings. The molecule has 3 N–H and O–H groups in total. The third-order valence-electron chi connectivity index (χ3n) is 5.96. The zero-order chi connectivity index (χ0) is 24.5. The molecule has 0 radical (unpaired) electrons. The molecular formula is C28H26N4O3. The first kappa shape index (κ1) is 22.4. The molecule has 5 aromatic rings. The lowest BCUT2D eigenvalue weighted by Gasteiger charge is -2.10. The Balaban J connectivity index is 1.69. The molecule has 3 aromatic carbocycles. The Bertz CT molecular complexity index is 1560. The summed E-state index contributed by atoms with van der Waals surface area (Å²) in [6, 6.07) is 21.0. The molecule has 0 aliphatic heterocycles. The molecule has 0 aliphatic rings. The summed E-state index contributed by atoms with van der Waals surface area (Å²) in [6.07, 6.45) is 2.03. The highest BCUT2D eigenvalue weighted by atomic mass is 16.5. The summed E-state index contributed by atoms with van der Waals surface area (Å²) in [5, 5.41) is 12.8. The first-order valence-electron chi connectivity index (χ1n) is 11.3. The fraction of sp³-hybridized carbons (Fsp3) is 0.143. The number of aromatic hydroxyl groups is 1. The van der Waals surface area contributed by atoms with Crippen molar-refractivity contribution in [2.45, 2.75) is 6.54 Å².